The highest BCUT2D eigenvalue weighted by Gasteiger charge is 2.41. The fraction of sp³-hybridized carbons (Fsp3) is 0.600. The van der Waals surface area contributed by atoms with Crippen LogP contribution in [-0.4, -0.2) is 12.3 Å². The Kier molecular flexibility index (Phi) is 1.50. The predicted octanol–water partition coefficient (Wildman–Crippen LogP) is 0.929. The lowest BCUT2D eigenvalue weighted by atomic mass is 10.5. The van der Waals surface area contributed by atoms with E-state index in [1.807, 2.05) is 0 Å². The van der Waals surface area contributed by atoms with Crippen molar-refractivity contribution < 1.29 is 13.2 Å². The summed E-state index contributed by atoms with van der Waals surface area (Å²) < 4.78 is 35.3. The van der Waals surface area contributed by atoms with Gasteiger partial charge in [0.15, 0.2) is 6.17 Å². The molecular weight excluding hydrogens is 145 g/mol. The summed E-state index contributed by atoms with van der Waals surface area (Å²) in [6.07, 6.45) is -4.51. The first-order chi connectivity index (χ1) is 4.50. The molecule has 0 saturated heterocycles. The highest BCUT2D eigenvalue weighted by Crippen LogP contribution is 2.20. The Balaban J connectivity index is 2.50. The molecule has 1 unspecified atom stereocenters. The number of hydrogen-bond donors (Lipinski definition) is 2. The molecule has 2 N–H and O–H groups in total. The molecular formula is C5H7F3N2. The smallest absolute Gasteiger partial charge is 0.363 e. The molecule has 0 amide bonds. The highest BCUT2D eigenvalue weighted by molar-refractivity contribution is 5.04. The number of alkyl halides is 3. The summed E-state index contributed by atoms with van der Waals surface area (Å²) in [5.74, 6) is 0. The number of allylic oxidation sites excluding steroid dienone is 1. The lowest BCUT2D eigenvalue weighted by Gasteiger charge is -2.16. The number of nitrogens with one attached hydrogen (secondary N) is 2. The number of hydrogen-bond acceptors (Lipinski definition) is 2. The fourth-order valence-corrected chi connectivity index (χ4v) is 0.696. The maximum atomic E-state index is 11.8. The molecule has 0 saturated carbocycles. The van der Waals surface area contributed by atoms with Gasteiger partial charge in [0.2, 0.25) is 0 Å². The first-order valence-corrected chi connectivity index (χ1v) is 2.76. The molecule has 0 radical (unpaired) electrons. The highest BCUT2D eigenvalue weighted by atomic mass is 19.4. The van der Waals surface area contributed by atoms with E-state index in [4.69, 9.17) is 0 Å². The Morgan fingerprint density at radius 3 is 2.30 bits per heavy atom. The molecule has 1 rings (SSSR count). The van der Waals surface area contributed by atoms with Crippen molar-refractivity contribution in [2.45, 2.75) is 19.3 Å². The van der Waals surface area contributed by atoms with Gasteiger partial charge < -0.3 is 10.6 Å². The largest absolute Gasteiger partial charge is 0.427 e. The van der Waals surface area contributed by atoms with Gasteiger partial charge in [0.1, 0.15) is 0 Å². The van der Waals surface area contributed by atoms with Gasteiger partial charge in [-0.05, 0) is 6.92 Å². The molecule has 0 fully saturated rings. The standard InChI is InChI=1S/C5H7F3N2/c1-3-2-9-4(10-3)5(6,7)8/h2,4,9-10H,1H3. The molecule has 1 heterocycles. The molecule has 10 heavy (non-hydrogen) atoms. The summed E-state index contributed by atoms with van der Waals surface area (Å²) in [4.78, 5) is 0. The quantitative estimate of drug-likeness (QED) is 0.539. The third-order valence-corrected chi connectivity index (χ3v) is 1.17. The number of halogens is 3. The van der Waals surface area contributed by atoms with E-state index in [1.54, 1.807) is 6.92 Å². The van der Waals surface area contributed by atoms with Crippen molar-refractivity contribution >= 4 is 0 Å². The Morgan fingerprint density at radius 1 is 1.50 bits per heavy atom. The zero-order valence-electron chi connectivity index (χ0n) is 5.29. The van der Waals surface area contributed by atoms with Crippen LogP contribution in [0.25, 0.3) is 0 Å². The molecule has 0 bridgehead atoms. The average molecular weight is 152 g/mol. The zero-order valence-corrected chi connectivity index (χ0v) is 5.29. The van der Waals surface area contributed by atoms with E-state index in [1.165, 1.54) is 6.20 Å². The molecule has 0 aromatic heterocycles. The van der Waals surface area contributed by atoms with Gasteiger partial charge in [0.25, 0.3) is 0 Å². The van der Waals surface area contributed by atoms with Crippen LogP contribution in [0.1, 0.15) is 6.92 Å². The van der Waals surface area contributed by atoms with Gasteiger partial charge in [-0.2, -0.15) is 13.2 Å². The van der Waals surface area contributed by atoms with E-state index in [2.05, 4.69) is 10.6 Å². The summed E-state index contributed by atoms with van der Waals surface area (Å²) in [5.41, 5.74) is 0.502. The minimum absolute atomic E-state index is 0.502. The van der Waals surface area contributed by atoms with Crippen molar-refractivity contribution in [1.82, 2.24) is 10.6 Å². The van der Waals surface area contributed by atoms with Crippen molar-refractivity contribution in [3.8, 4) is 0 Å². The lowest BCUT2D eigenvalue weighted by molar-refractivity contribution is -0.156. The second-order valence-corrected chi connectivity index (χ2v) is 2.11. The monoisotopic (exact) mass is 152 g/mol. The van der Waals surface area contributed by atoms with Crippen LogP contribution in [0.15, 0.2) is 11.9 Å². The van der Waals surface area contributed by atoms with Crippen LogP contribution in [0.2, 0.25) is 0 Å². The lowest BCUT2D eigenvalue weighted by Crippen LogP contribution is -2.45. The van der Waals surface area contributed by atoms with Gasteiger partial charge in [0, 0.05) is 11.9 Å². The molecule has 0 aliphatic carbocycles. The Morgan fingerprint density at radius 2 is 2.10 bits per heavy atom. The third kappa shape index (κ3) is 1.34. The molecule has 0 aromatic rings. The second-order valence-electron chi connectivity index (χ2n) is 2.11. The minimum Gasteiger partial charge on any atom is -0.363 e. The maximum absolute atomic E-state index is 11.8. The first-order valence-electron chi connectivity index (χ1n) is 2.76. The van der Waals surface area contributed by atoms with Crippen LogP contribution in [0.3, 0.4) is 0 Å². The molecule has 0 aromatic carbocycles. The van der Waals surface area contributed by atoms with E-state index in [9.17, 15) is 13.2 Å². The first kappa shape index (κ1) is 7.24. The molecule has 5 heteroatoms. The predicted molar refractivity (Wildman–Crippen MR) is 29.9 cm³/mol. The minimum atomic E-state index is -4.21. The van der Waals surface area contributed by atoms with Crippen LogP contribution >= 0.6 is 0 Å². The second kappa shape index (κ2) is 2.07. The van der Waals surface area contributed by atoms with Gasteiger partial charge >= 0.3 is 6.18 Å². The van der Waals surface area contributed by atoms with Gasteiger partial charge in [-0.3, -0.25) is 0 Å². The summed E-state index contributed by atoms with van der Waals surface area (Å²) in [7, 11) is 0. The van der Waals surface area contributed by atoms with E-state index in [0.29, 0.717) is 5.70 Å². The fourth-order valence-electron chi connectivity index (χ4n) is 0.696. The maximum Gasteiger partial charge on any atom is 0.427 e. The van der Waals surface area contributed by atoms with E-state index in [0.717, 1.165) is 0 Å². The molecule has 0 spiro atoms. The SMILES string of the molecule is CC1=CNC(C(F)(F)F)N1. The Labute approximate surface area is 56.1 Å². The number of rotatable bonds is 0. The van der Waals surface area contributed by atoms with E-state index in [-0.39, 0.29) is 0 Å². The molecule has 2 nitrogen and oxygen atoms in total. The van der Waals surface area contributed by atoms with E-state index >= 15 is 0 Å². The van der Waals surface area contributed by atoms with Crippen molar-refractivity contribution in [3.05, 3.63) is 11.9 Å². The zero-order chi connectivity index (χ0) is 7.78. The molecule has 1 atom stereocenters. The van der Waals surface area contributed by atoms with Crippen LogP contribution in [0.4, 0.5) is 13.2 Å². The van der Waals surface area contributed by atoms with Crippen LogP contribution in [0, 0.1) is 0 Å². The molecule has 1 aliphatic heterocycles. The van der Waals surface area contributed by atoms with Gasteiger partial charge in [-0.1, -0.05) is 0 Å². The van der Waals surface area contributed by atoms with Crippen LogP contribution in [-0.2, 0) is 0 Å². The van der Waals surface area contributed by atoms with Crippen molar-refractivity contribution in [2.75, 3.05) is 0 Å². The third-order valence-electron chi connectivity index (χ3n) is 1.17. The van der Waals surface area contributed by atoms with Crippen molar-refractivity contribution in [3.63, 3.8) is 0 Å². The summed E-state index contributed by atoms with van der Waals surface area (Å²) in [6, 6.07) is 0. The van der Waals surface area contributed by atoms with Crippen LogP contribution in [0.5, 0.6) is 0 Å². The summed E-state index contributed by atoms with van der Waals surface area (Å²) >= 11 is 0. The van der Waals surface area contributed by atoms with Gasteiger partial charge in [-0.25, -0.2) is 0 Å². The van der Waals surface area contributed by atoms with Gasteiger partial charge in [0.05, 0.1) is 0 Å². The Bertz CT molecular complexity index is 161. The van der Waals surface area contributed by atoms with Crippen LogP contribution < -0.4 is 10.6 Å². The molecule has 1 aliphatic rings. The average Bonchev–Trinajstić information content (AvgIpc) is 2.11. The topological polar surface area (TPSA) is 24.1 Å². The van der Waals surface area contributed by atoms with Crippen molar-refractivity contribution in [1.29, 1.82) is 0 Å². The summed E-state index contributed by atoms with van der Waals surface area (Å²) in [5, 5.41) is 4.37. The van der Waals surface area contributed by atoms with Crippen molar-refractivity contribution in [2.24, 2.45) is 0 Å². The van der Waals surface area contributed by atoms with E-state index < -0.39 is 12.3 Å². The molecule has 58 valence electrons. The Hall–Kier alpha value is -0.870. The van der Waals surface area contributed by atoms with Gasteiger partial charge in [-0.15, -0.1) is 0 Å². The summed E-state index contributed by atoms with van der Waals surface area (Å²) in [6.45, 7) is 1.57. The normalized spacial score (nSPS) is 25.2.